The third-order valence-corrected chi connectivity index (χ3v) is 5.01. The maximum absolute atomic E-state index is 12.4. The van der Waals surface area contributed by atoms with Crippen molar-refractivity contribution in [2.75, 3.05) is 19.6 Å². The first-order valence-electron chi connectivity index (χ1n) is 9.30. The monoisotopic (exact) mass is 352 g/mol. The van der Waals surface area contributed by atoms with Crippen LogP contribution in [0, 0.1) is 6.92 Å². The molecule has 1 saturated heterocycles. The normalized spacial score (nSPS) is 17.8. The van der Waals surface area contributed by atoms with Gasteiger partial charge in [-0.3, -0.25) is 0 Å². The Morgan fingerprint density at radius 1 is 1.42 bits per heavy atom. The molecule has 3 aromatic heterocycles. The molecule has 7 heteroatoms. The average Bonchev–Trinajstić information content (AvgIpc) is 3.14. The Labute approximate surface area is 152 Å². The van der Waals surface area contributed by atoms with Gasteiger partial charge in [0, 0.05) is 42.5 Å². The van der Waals surface area contributed by atoms with E-state index in [9.17, 15) is 4.79 Å². The van der Waals surface area contributed by atoms with Crippen LogP contribution in [0.5, 0.6) is 0 Å². The molecule has 4 rings (SSSR count). The number of aromatic nitrogens is 4. The van der Waals surface area contributed by atoms with Crippen LogP contribution in [0.25, 0.3) is 21.9 Å². The van der Waals surface area contributed by atoms with Crippen LogP contribution >= 0.6 is 0 Å². The van der Waals surface area contributed by atoms with Gasteiger partial charge in [-0.1, -0.05) is 6.92 Å². The number of likely N-dealkylation sites (tertiary alicyclic amines) is 1. The van der Waals surface area contributed by atoms with Gasteiger partial charge in [0.1, 0.15) is 11.5 Å². The van der Waals surface area contributed by atoms with Crippen LogP contribution in [0.2, 0.25) is 0 Å². The summed E-state index contributed by atoms with van der Waals surface area (Å²) in [6.45, 7) is 6.18. The molecule has 1 atom stereocenters. The highest BCUT2D eigenvalue weighted by Crippen LogP contribution is 2.33. The molecule has 2 amide bonds. The number of rotatable bonds is 3. The molecule has 1 fully saturated rings. The van der Waals surface area contributed by atoms with Crippen LogP contribution in [0.1, 0.15) is 43.6 Å². The number of amides is 2. The number of piperidine rings is 1. The fourth-order valence-corrected chi connectivity index (χ4v) is 3.80. The first-order chi connectivity index (χ1) is 12.7. The molecule has 0 radical (unpaired) electrons. The minimum Gasteiger partial charge on any atom is -0.346 e. The van der Waals surface area contributed by atoms with E-state index in [0.717, 1.165) is 59.3 Å². The number of H-pyrrole nitrogens is 1. The molecular formula is C19H24N6O. The summed E-state index contributed by atoms with van der Waals surface area (Å²) in [5.74, 6) is 0.956. The summed E-state index contributed by atoms with van der Waals surface area (Å²) in [5.41, 5.74) is 2.75. The van der Waals surface area contributed by atoms with Crippen LogP contribution in [-0.2, 0) is 0 Å². The van der Waals surface area contributed by atoms with Gasteiger partial charge in [-0.15, -0.1) is 0 Å². The predicted molar refractivity (Wildman–Crippen MR) is 101 cm³/mol. The molecule has 0 aromatic carbocycles. The van der Waals surface area contributed by atoms with E-state index in [1.807, 2.05) is 24.1 Å². The average molecular weight is 352 g/mol. The van der Waals surface area contributed by atoms with E-state index in [-0.39, 0.29) is 11.9 Å². The van der Waals surface area contributed by atoms with Gasteiger partial charge in [0.2, 0.25) is 0 Å². The van der Waals surface area contributed by atoms with Crippen molar-refractivity contribution in [3.8, 4) is 0 Å². The van der Waals surface area contributed by atoms with Crippen molar-refractivity contribution in [1.29, 1.82) is 0 Å². The molecule has 1 unspecified atom stereocenters. The van der Waals surface area contributed by atoms with E-state index in [4.69, 9.17) is 4.98 Å². The Morgan fingerprint density at radius 2 is 2.31 bits per heavy atom. The van der Waals surface area contributed by atoms with E-state index in [1.54, 1.807) is 6.20 Å². The molecule has 2 N–H and O–H groups in total. The van der Waals surface area contributed by atoms with E-state index in [0.29, 0.717) is 13.1 Å². The van der Waals surface area contributed by atoms with Crippen molar-refractivity contribution >= 4 is 28.0 Å². The molecule has 3 aromatic rings. The maximum atomic E-state index is 12.4. The Kier molecular flexibility index (Phi) is 4.44. The lowest BCUT2D eigenvalue weighted by Crippen LogP contribution is -2.45. The van der Waals surface area contributed by atoms with Gasteiger partial charge in [-0.25, -0.2) is 19.7 Å². The van der Waals surface area contributed by atoms with E-state index in [1.165, 1.54) is 0 Å². The molecule has 0 saturated carbocycles. The lowest BCUT2D eigenvalue weighted by molar-refractivity contribution is 0.179. The number of nitrogens with zero attached hydrogens (tertiary/aromatic N) is 4. The summed E-state index contributed by atoms with van der Waals surface area (Å²) >= 11 is 0. The van der Waals surface area contributed by atoms with E-state index < -0.39 is 0 Å². The second-order valence-electron chi connectivity index (χ2n) is 6.93. The number of urea groups is 1. The Balaban J connectivity index is 1.73. The van der Waals surface area contributed by atoms with Crippen LogP contribution < -0.4 is 5.32 Å². The van der Waals surface area contributed by atoms with Crippen LogP contribution in [0.15, 0.2) is 18.5 Å². The number of pyridine rings is 1. The topological polar surface area (TPSA) is 86.8 Å². The Hall–Kier alpha value is -2.70. The van der Waals surface area contributed by atoms with Gasteiger partial charge in [-0.05, 0) is 32.3 Å². The number of nitrogens with one attached hydrogen (secondary N) is 2. The van der Waals surface area contributed by atoms with Crippen LogP contribution in [0.3, 0.4) is 0 Å². The van der Waals surface area contributed by atoms with Crippen LogP contribution in [-0.4, -0.2) is 50.5 Å². The zero-order valence-electron chi connectivity index (χ0n) is 15.2. The molecule has 4 heterocycles. The SMILES string of the molecule is CCCNC(=O)N1CCCC(c2nc(C)nc3cnc4[nH]ccc4c23)C1. The van der Waals surface area contributed by atoms with E-state index >= 15 is 0 Å². The third kappa shape index (κ3) is 2.98. The molecule has 0 bridgehead atoms. The predicted octanol–water partition coefficient (Wildman–Crippen LogP) is 3.11. The Morgan fingerprint density at radius 3 is 3.15 bits per heavy atom. The first kappa shape index (κ1) is 16.8. The Bertz CT molecular complexity index is 950. The van der Waals surface area contributed by atoms with Crippen molar-refractivity contribution in [1.82, 2.24) is 30.2 Å². The van der Waals surface area contributed by atoms with Crippen molar-refractivity contribution < 1.29 is 4.79 Å². The molecule has 0 aliphatic carbocycles. The molecular weight excluding hydrogens is 328 g/mol. The van der Waals surface area contributed by atoms with Gasteiger partial charge in [-0.2, -0.15) is 0 Å². The summed E-state index contributed by atoms with van der Waals surface area (Å²) in [4.78, 5) is 31.3. The van der Waals surface area contributed by atoms with Gasteiger partial charge < -0.3 is 15.2 Å². The molecule has 1 aliphatic heterocycles. The lowest BCUT2D eigenvalue weighted by Gasteiger charge is -2.33. The van der Waals surface area contributed by atoms with Gasteiger partial charge in [0.25, 0.3) is 0 Å². The number of aromatic amines is 1. The van der Waals surface area contributed by atoms with Gasteiger partial charge >= 0.3 is 6.03 Å². The maximum Gasteiger partial charge on any atom is 0.317 e. The first-order valence-corrected chi connectivity index (χ1v) is 9.30. The van der Waals surface area contributed by atoms with Crippen molar-refractivity contribution in [2.24, 2.45) is 0 Å². The number of aryl methyl sites for hydroxylation is 1. The summed E-state index contributed by atoms with van der Waals surface area (Å²) in [6, 6.07) is 2.06. The highest BCUT2D eigenvalue weighted by Gasteiger charge is 2.28. The van der Waals surface area contributed by atoms with Crippen molar-refractivity contribution in [2.45, 2.75) is 39.0 Å². The molecule has 7 nitrogen and oxygen atoms in total. The van der Waals surface area contributed by atoms with Gasteiger partial charge in [0.15, 0.2) is 0 Å². The largest absolute Gasteiger partial charge is 0.346 e. The highest BCUT2D eigenvalue weighted by molar-refractivity contribution is 6.04. The van der Waals surface area contributed by atoms with Crippen molar-refractivity contribution in [3.05, 3.63) is 30.0 Å². The van der Waals surface area contributed by atoms with Gasteiger partial charge in [0.05, 0.1) is 17.4 Å². The third-order valence-electron chi connectivity index (χ3n) is 5.01. The second-order valence-corrected chi connectivity index (χ2v) is 6.93. The minimum atomic E-state index is 0.0279. The number of hydrogen-bond donors (Lipinski definition) is 2. The summed E-state index contributed by atoms with van der Waals surface area (Å²) in [5, 5.41) is 5.09. The molecule has 0 spiro atoms. The molecule has 1 aliphatic rings. The zero-order chi connectivity index (χ0) is 18.1. The number of carbonyl (C=O) groups excluding carboxylic acids is 1. The van der Waals surface area contributed by atoms with Crippen LogP contribution in [0.4, 0.5) is 4.79 Å². The van der Waals surface area contributed by atoms with Crippen molar-refractivity contribution in [3.63, 3.8) is 0 Å². The number of hydrogen-bond acceptors (Lipinski definition) is 4. The molecule has 136 valence electrons. The second kappa shape index (κ2) is 6.90. The quantitative estimate of drug-likeness (QED) is 0.758. The fraction of sp³-hybridized carbons (Fsp3) is 0.474. The summed E-state index contributed by atoms with van der Waals surface area (Å²) < 4.78 is 0. The number of fused-ring (bicyclic) bond motifs is 3. The fourth-order valence-electron chi connectivity index (χ4n) is 3.80. The minimum absolute atomic E-state index is 0.0279. The smallest absolute Gasteiger partial charge is 0.317 e. The zero-order valence-corrected chi connectivity index (χ0v) is 15.2. The number of carbonyl (C=O) groups is 1. The summed E-state index contributed by atoms with van der Waals surface area (Å²) in [6.07, 6.45) is 6.65. The molecule has 26 heavy (non-hydrogen) atoms. The summed E-state index contributed by atoms with van der Waals surface area (Å²) in [7, 11) is 0. The van der Waals surface area contributed by atoms with E-state index in [2.05, 4.69) is 27.2 Å². The standard InChI is InChI=1S/C19H24N6O/c1-3-7-21-19(26)25-9-4-5-13(11-25)17-16-14-6-8-20-18(14)22-10-15(16)23-12(2)24-17/h6,8,10,13H,3-5,7,9,11H2,1-2H3,(H,20,22)(H,21,26). The highest BCUT2D eigenvalue weighted by atomic mass is 16.2. The lowest BCUT2D eigenvalue weighted by atomic mass is 9.91.